The van der Waals surface area contributed by atoms with Crippen molar-refractivity contribution in [1.29, 1.82) is 0 Å². The van der Waals surface area contributed by atoms with E-state index in [0.29, 0.717) is 0 Å². The summed E-state index contributed by atoms with van der Waals surface area (Å²) >= 11 is 3.48. The van der Waals surface area contributed by atoms with Crippen molar-refractivity contribution in [3.8, 4) is 26.8 Å². The molecule has 0 aliphatic carbocycles. The highest BCUT2D eigenvalue weighted by Crippen LogP contribution is 2.43. The summed E-state index contributed by atoms with van der Waals surface area (Å²) in [5, 5.41) is 12.1. The van der Waals surface area contributed by atoms with Gasteiger partial charge in [0.05, 0.1) is 31.5 Å². The van der Waals surface area contributed by atoms with Gasteiger partial charge in [-0.2, -0.15) is 0 Å². The van der Waals surface area contributed by atoms with E-state index in [2.05, 4.69) is 216 Å². The molecular formula is C56H34N4S2. The van der Waals surface area contributed by atoms with Gasteiger partial charge in [0.2, 0.25) is 0 Å². The second-order valence-corrected chi connectivity index (χ2v) is 17.8. The van der Waals surface area contributed by atoms with Gasteiger partial charge in [0.1, 0.15) is 10.0 Å². The Hall–Kier alpha value is -7.64. The Balaban J connectivity index is 0.877. The lowest BCUT2D eigenvalue weighted by molar-refractivity contribution is 1.18. The minimum Gasteiger partial charge on any atom is -0.310 e. The molecule has 290 valence electrons. The van der Waals surface area contributed by atoms with Crippen molar-refractivity contribution < 1.29 is 0 Å². The summed E-state index contributed by atoms with van der Waals surface area (Å²) in [6, 6.07) is 74.4. The summed E-state index contributed by atoms with van der Waals surface area (Å²) < 4.78 is 4.64. The Labute approximate surface area is 364 Å². The molecule has 0 atom stereocenters. The summed E-state index contributed by atoms with van der Waals surface area (Å²) in [5.74, 6) is 0. The van der Waals surface area contributed by atoms with Crippen molar-refractivity contribution in [1.82, 2.24) is 14.5 Å². The number of aromatic nitrogens is 3. The molecule has 0 aliphatic rings. The van der Waals surface area contributed by atoms with Crippen LogP contribution in [-0.2, 0) is 0 Å². The summed E-state index contributed by atoms with van der Waals surface area (Å²) in [7, 11) is 0. The second-order valence-electron chi connectivity index (χ2n) is 15.8. The van der Waals surface area contributed by atoms with E-state index in [1.807, 2.05) is 0 Å². The van der Waals surface area contributed by atoms with E-state index < -0.39 is 0 Å². The fourth-order valence-corrected chi connectivity index (χ4v) is 11.4. The summed E-state index contributed by atoms with van der Waals surface area (Å²) in [6.07, 6.45) is 0. The molecule has 0 N–H and O–H groups in total. The molecule has 0 bridgehead atoms. The van der Waals surface area contributed by atoms with Crippen LogP contribution in [0.1, 0.15) is 0 Å². The SMILES string of the molecule is c1ccc(N(c2ccc3nc(-c4ccc5nc(-c6ccc7c(c6)c6ccccc6n7-c6ccccc6)sc5c4)sc3c2)c2ccc3c4ccccc4c4ccccc4c3c2)cc1. The van der Waals surface area contributed by atoms with Crippen LogP contribution in [-0.4, -0.2) is 14.5 Å². The Kier molecular flexibility index (Phi) is 7.92. The minimum atomic E-state index is 0.991. The topological polar surface area (TPSA) is 34.0 Å². The van der Waals surface area contributed by atoms with Gasteiger partial charge in [-0.05, 0) is 129 Å². The highest BCUT2D eigenvalue weighted by atomic mass is 32.1. The first-order chi connectivity index (χ1) is 30.7. The summed E-state index contributed by atoms with van der Waals surface area (Å²) in [6.45, 7) is 0. The van der Waals surface area contributed by atoms with Gasteiger partial charge in [0.15, 0.2) is 0 Å². The third-order valence-electron chi connectivity index (χ3n) is 12.2. The van der Waals surface area contributed by atoms with Crippen molar-refractivity contribution >= 4 is 114 Å². The van der Waals surface area contributed by atoms with Crippen molar-refractivity contribution in [2.45, 2.75) is 0 Å². The predicted octanol–water partition coefficient (Wildman–Crippen LogP) is 16.3. The molecule has 13 aromatic rings. The molecular weight excluding hydrogens is 793 g/mol. The number of anilines is 3. The van der Waals surface area contributed by atoms with E-state index in [4.69, 9.17) is 9.97 Å². The monoisotopic (exact) mass is 826 g/mol. The first-order valence-corrected chi connectivity index (χ1v) is 22.4. The maximum absolute atomic E-state index is 5.18. The Morgan fingerprint density at radius 1 is 0.339 bits per heavy atom. The molecule has 0 radical (unpaired) electrons. The van der Waals surface area contributed by atoms with Gasteiger partial charge in [0, 0.05) is 44.6 Å². The lowest BCUT2D eigenvalue weighted by Gasteiger charge is -2.26. The molecule has 4 nitrogen and oxygen atoms in total. The molecule has 0 unspecified atom stereocenters. The van der Waals surface area contributed by atoms with Gasteiger partial charge in [-0.3, -0.25) is 0 Å². The van der Waals surface area contributed by atoms with E-state index in [0.717, 1.165) is 64.3 Å². The molecule has 13 rings (SSSR count). The van der Waals surface area contributed by atoms with E-state index in [1.165, 1.54) is 54.1 Å². The smallest absolute Gasteiger partial charge is 0.124 e. The van der Waals surface area contributed by atoms with Crippen LogP contribution in [0.3, 0.4) is 0 Å². The normalized spacial score (nSPS) is 11.9. The van der Waals surface area contributed by atoms with E-state index >= 15 is 0 Å². The molecule has 3 aromatic heterocycles. The molecule has 62 heavy (non-hydrogen) atoms. The largest absolute Gasteiger partial charge is 0.310 e. The van der Waals surface area contributed by atoms with Crippen LogP contribution in [0.15, 0.2) is 206 Å². The maximum Gasteiger partial charge on any atom is 0.124 e. The highest BCUT2D eigenvalue weighted by molar-refractivity contribution is 7.22. The highest BCUT2D eigenvalue weighted by Gasteiger charge is 2.19. The Bertz CT molecular complexity index is 3850. The van der Waals surface area contributed by atoms with Gasteiger partial charge in [-0.15, -0.1) is 22.7 Å². The van der Waals surface area contributed by atoms with E-state index in [1.54, 1.807) is 22.7 Å². The number of hydrogen-bond donors (Lipinski definition) is 0. The first kappa shape index (κ1) is 35.1. The van der Waals surface area contributed by atoms with Gasteiger partial charge in [-0.25, -0.2) is 9.97 Å². The third-order valence-corrected chi connectivity index (χ3v) is 14.3. The van der Waals surface area contributed by atoms with Crippen LogP contribution in [0.2, 0.25) is 0 Å². The zero-order valence-electron chi connectivity index (χ0n) is 33.2. The average Bonchev–Trinajstić information content (AvgIpc) is 4.06. The number of thiazole rings is 2. The predicted molar refractivity (Wildman–Crippen MR) is 265 cm³/mol. The quantitative estimate of drug-likeness (QED) is 0.157. The standard InChI is InChI=1S/C56H34N4S2/c1-3-13-37(14-4-1)59(39-25-27-45-43-19-8-7-17-41(43)42-18-9-10-20-44(42)47(45)33-39)40-26-29-50-54(34-40)62-56(58-50)36-23-28-49-53(32-36)61-55(57-49)35-24-30-52-48(31-35)46-21-11-12-22-51(46)60(52)38-15-5-2-6-16-38/h1-34H. The number of fused-ring (bicyclic) bond motifs is 11. The summed E-state index contributed by atoms with van der Waals surface area (Å²) in [5.41, 5.74) is 11.1. The fraction of sp³-hybridized carbons (Fsp3) is 0. The molecule has 6 heteroatoms. The van der Waals surface area contributed by atoms with Crippen LogP contribution >= 0.6 is 22.7 Å². The zero-order chi connectivity index (χ0) is 40.7. The van der Waals surface area contributed by atoms with E-state index in [9.17, 15) is 0 Å². The molecule has 0 spiro atoms. The number of rotatable bonds is 6. The van der Waals surface area contributed by atoms with Crippen LogP contribution in [0.25, 0.3) is 101 Å². The molecule has 3 heterocycles. The van der Waals surface area contributed by atoms with Crippen LogP contribution < -0.4 is 4.90 Å². The minimum absolute atomic E-state index is 0.991. The lowest BCUT2D eigenvalue weighted by Crippen LogP contribution is -2.09. The molecule has 0 saturated carbocycles. The average molecular weight is 827 g/mol. The molecule has 10 aromatic carbocycles. The number of para-hydroxylation sites is 3. The van der Waals surface area contributed by atoms with Gasteiger partial charge < -0.3 is 9.47 Å². The zero-order valence-corrected chi connectivity index (χ0v) is 34.9. The molecule has 0 amide bonds. The summed E-state index contributed by atoms with van der Waals surface area (Å²) in [4.78, 5) is 12.7. The number of hydrogen-bond acceptors (Lipinski definition) is 5. The van der Waals surface area contributed by atoms with Gasteiger partial charge >= 0.3 is 0 Å². The van der Waals surface area contributed by atoms with Crippen molar-refractivity contribution in [3.05, 3.63) is 206 Å². The lowest BCUT2D eigenvalue weighted by atomic mass is 9.94. The van der Waals surface area contributed by atoms with E-state index in [-0.39, 0.29) is 0 Å². The van der Waals surface area contributed by atoms with Crippen LogP contribution in [0.4, 0.5) is 17.1 Å². The molecule has 0 aliphatic heterocycles. The fourth-order valence-electron chi connectivity index (χ4n) is 9.38. The number of nitrogens with zero attached hydrogens (tertiary/aromatic N) is 4. The maximum atomic E-state index is 5.18. The van der Waals surface area contributed by atoms with Crippen molar-refractivity contribution in [2.75, 3.05) is 4.90 Å². The molecule has 0 saturated heterocycles. The molecule has 0 fully saturated rings. The number of benzene rings is 10. The van der Waals surface area contributed by atoms with Gasteiger partial charge in [-0.1, -0.05) is 109 Å². The van der Waals surface area contributed by atoms with Crippen LogP contribution in [0, 0.1) is 0 Å². The van der Waals surface area contributed by atoms with Crippen LogP contribution in [0.5, 0.6) is 0 Å². The van der Waals surface area contributed by atoms with Gasteiger partial charge in [0.25, 0.3) is 0 Å². The first-order valence-electron chi connectivity index (χ1n) is 20.8. The second kappa shape index (κ2) is 14.0. The van der Waals surface area contributed by atoms with Crippen molar-refractivity contribution in [2.24, 2.45) is 0 Å². The third kappa shape index (κ3) is 5.58. The Morgan fingerprint density at radius 2 is 0.839 bits per heavy atom. The van der Waals surface area contributed by atoms with Crippen molar-refractivity contribution in [3.63, 3.8) is 0 Å². The Morgan fingerprint density at radius 3 is 1.55 bits per heavy atom.